The Bertz CT molecular complexity index is 146. The minimum Gasteiger partial charge on any atom is -0.381 e. The molecule has 2 fully saturated rings. The molecule has 2 nitrogen and oxygen atoms in total. The molecule has 1 saturated carbocycles. The lowest BCUT2D eigenvalue weighted by atomic mass is 10.0. The highest BCUT2D eigenvalue weighted by Gasteiger charge is 2.18. The zero-order valence-electron chi connectivity index (χ0n) is 9.13. The molecular formula is C12H23NO. The maximum atomic E-state index is 5.37. The third-order valence-electron chi connectivity index (χ3n) is 3.55. The summed E-state index contributed by atoms with van der Waals surface area (Å²) in [5.41, 5.74) is 0. The van der Waals surface area contributed by atoms with Crippen LogP contribution in [-0.2, 0) is 4.74 Å². The molecule has 82 valence electrons. The fourth-order valence-electron chi connectivity index (χ4n) is 2.64. The van der Waals surface area contributed by atoms with Crippen molar-refractivity contribution in [1.29, 1.82) is 0 Å². The Morgan fingerprint density at radius 1 is 0.714 bits per heavy atom. The first kappa shape index (κ1) is 10.4. The lowest BCUT2D eigenvalue weighted by Gasteiger charge is -2.28. The second kappa shape index (κ2) is 5.72. The van der Waals surface area contributed by atoms with Gasteiger partial charge >= 0.3 is 0 Å². The van der Waals surface area contributed by atoms with Crippen molar-refractivity contribution in [3.05, 3.63) is 0 Å². The van der Waals surface area contributed by atoms with Crippen LogP contribution in [0.2, 0.25) is 0 Å². The molecule has 0 bridgehead atoms. The second-order valence-corrected chi connectivity index (χ2v) is 4.74. The average Bonchev–Trinajstić information content (AvgIpc) is 2.48. The smallest absolute Gasteiger partial charge is 0.0480 e. The number of rotatable bonds is 2. The van der Waals surface area contributed by atoms with Crippen molar-refractivity contribution in [3.8, 4) is 0 Å². The van der Waals surface area contributed by atoms with E-state index >= 15 is 0 Å². The third kappa shape index (κ3) is 3.25. The van der Waals surface area contributed by atoms with E-state index in [9.17, 15) is 0 Å². The quantitative estimate of drug-likeness (QED) is 0.687. The second-order valence-electron chi connectivity index (χ2n) is 4.74. The molecule has 0 amide bonds. The molecular weight excluding hydrogens is 174 g/mol. The van der Waals surface area contributed by atoms with Crippen molar-refractivity contribution >= 4 is 0 Å². The minimum absolute atomic E-state index is 0.742. The van der Waals surface area contributed by atoms with Crippen LogP contribution < -0.4 is 5.32 Å². The molecule has 0 aromatic carbocycles. The number of hydrogen-bond donors (Lipinski definition) is 1. The predicted molar refractivity (Wildman–Crippen MR) is 58.5 cm³/mol. The van der Waals surface area contributed by atoms with Gasteiger partial charge in [0, 0.05) is 25.3 Å². The molecule has 0 radical (unpaired) electrons. The van der Waals surface area contributed by atoms with Crippen molar-refractivity contribution in [1.82, 2.24) is 5.32 Å². The topological polar surface area (TPSA) is 21.3 Å². The van der Waals surface area contributed by atoms with Crippen LogP contribution in [0.5, 0.6) is 0 Å². The summed E-state index contributed by atoms with van der Waals surface area (Å²) in [5.74, 6) is 0. The molecule has 1 aliphatic carbocycles. The molecule has 14 heavy (non-hydrogen) atoms. The van der Waals surface area contributed by atoms with Crippen LogP contribution in [0.15, 0.2) is 0 Å². The van der Waals surface area contributed by atoms with Crippen molar-refractivity contribution in [2.75, 3.05) is 13.2 Å². The van der Waals surface area contributed by atoms with Gasteiger partial charge in [-0.1, -0.05) is 25.7 Å². The van der Waals surface area contributed by atoms with Gasteiger partial charge in [0.05, 0.1) is 0 Å². The van der Waals surface area contributed by atoms with Crippen LogP contribution in [-0.4, -0.2) is 25.3 Å². The lowest BCUT2D eigenvalue weighted by Crippen LogP contribution is -2.41. The standard InChI is InChI=1S/C12H23NO/c1-2-4-6-11(5-3-1)13-12-7-9-14-10-8-12/h11-13H,1-10H2. The molecule has 2 heteroatoms. The summed E-state index contributed by atoms with van der Waals surface area (Å²) in [4.78, 5) is 0. The Balaban J connectivity index is 1.71. The van der Waals surface area contributed by atoms with Crippen molar-refractivity contribution in [3.63, 3.8) is 0 Å². The zero-order valence-corrected chi connectivity index (χ0v) is 9.13. The fourth-order valence-corrected chi connectivity index (χ4v) is 2.64. The summed E-state index contributed by atoms with van der Waals surface area (Å²) in [5, 5.41) is 3.82. The first-order valence-electron chi connectivity index (χ1n) is 6.29. The highest BCUT2D eigenvalue weighted by Crippen LogP contribution is 2.19. The molecule has 0 aromatic rings. The van der Waals surface area contributed by atoms with Gasteiger partial charge in [-0.25, -0.2) is 0 Å². The summed E-state index contributed by atoms with van der Waals surface area (Å²) in [6.45, 7) is 1.93. The Kier molecular flexibility index (Phi) is 4.26. The van der Waals surface area contributed by atoms with Gasteiger partial charge in [0.15, 0.2) is 0 Å². The zero-order chi connectivity index (χ0) is 9.64. The van der Waals surface area contributed by atoms with Crippen LogP contribution in [0, 0.1) is 0 Å². The molecule has 1 heterocycles. The van der Waals surface area contributed by atoms with Crippen LogP contribution in [0.25, 0.3) is 0 Å². The Morgan fingerprint density at radius 2 is 1.29 bits per heavy atom. The van der Waals surface area contributed by atoms with Gasteiger partial charge in [-0.2, -0.15) is 0 Å². The first-order valence-corrected chi connectivity index (χ1v) is 6.29. The molecule has 0 aromatic heterocycles. The SMILES string of the molecule is C1CCCC(NC2CCOCC2)CC1. The summed E-state index contributed by atoms with van der Waals surface area (Å²) in [6.07, 6.45) is 11.0. The van der Waals surface area contributed by atoms with E-state index in [0.29, 0.717) is 0 Å². The van der Waals surface area contributed by atoms with E-state index in [1.807, 2.05) is 0 Å². The van der Waals surface area contributed by atoms with E-state index in [0.717, 1.165) is 25.3 Å². The molecule has 0 spiro atoms. The fraction of sp³-hybridized carbons (Fsp3) is 1.00. The highest BCUT2D eigenvalue weighted by molar-refractivity contribution is 4.77. The molecule has 1 N–H and O–H groups in total. The predicted octanol–water partition coefficient (Wildman–Crippen LogP) is 2.48. The first-order chi connectivity index (χ1) is 6.95. The van der Waals surface area contributed by atoms with Crippen molar-refractivity contribution < 1.29 is 4.74 Å². The average molecular weight is 197 g/mol. The van der Waals surface area contributed by atoms with Crippen LogP contribution in [0.4, 0.5) is 0 Å². The number of ether oxygens (including phenoxy) is 1. The van der Waals surface area contributed by atoms with Crippen LogP contribution in [0.1, 0.15) is 51.4 Å². The molecule has 2 rings (SSSR count). The molecule has 2 aliphatic rings. The van der Waals surface area contributed by atoms with Gasteiger partial charge in [0.25, 0.3) is 0 Å². The summed E-state index contributed by atoms with van der Waals surface area (Å²) < 4.78 is 5.37. The monoisotopic (exact) mass is 197 g/mol. The molecule has 1 aliphatic heterocycles. The van der Waals surface area contributed by atoms with Gasteiger partial charge < -0.3 is 10.1 Å². The van der Waals surface area contributed by atoms with E-state index in [-0.39, 0.29) is 0 Å². The van der Waals surface area contributed by atoms with Crippen LogP contribution >= 0.6 is 0 Å². The third-order valence-corrected chi connectivity index (χ3v) is 3.55. The maximum absolute atomic E-state index is 5.37. The molecule has 1 saturated heterocycles. The summed E-state index contributed by atoms with van der Waals surface area (Å²) in [7, 11) is 0. The van der Waals surface area contributed by atoms with E-state index in [1.54, 1.807) is 0 Å². The largest absolute Gasteiger partial charge is 0.381 e. The van der Waals surface area contributed by atoms with Gasteiger partial charge in [-0.15, -0.1) is 0 Å². The molecule has 0 unspecified atom stereocenters. The maximum Gasteiger partial charge on any atom is 0.0480 e. The van der Waals surface area contributed by atoms with E-state index in [4.69, 9.17) is 4.74 Å². The van der Waals surface area contributed by atoms with Gasteiger partial charge in [0.1, 0.15) is 0 Å². The Morgan fingerprint density at radius 3 is 1.93 bits per heavy atom. The van der Waals surface area contributed by atoms with E-state index in [1.165, 1.54) is 51.4 Å². The number of nitrogens with one attached hydrogen (secondary N) is 1. The van der Waals surface area contributed by atoms with E-state index in [2.05, 4.69) is 5.32 Å². The Labute approximate surface area is 87.4 Å². The minimum atomic E-state index is 0.742. The Hall–Kier alpha value is -0.0800. The van der Waals surface area contributed by atoms with Crippen LogP contribution in [0.3, 0.4) is 0 Å². The normalized spacial score (nSPS) is 27.4. The van der Waals surface area contributed by atoms with Crippen molar-refractivity contribution in [2.45, 2.75) is 63.5 Å². The van der Waals surface area contributed by atoms with Gasteiger partial charge in [-0.05, 0) is 25.7 Å². The summed E-state index contributed by atoms with van der Waals surface area (Å²) in [6, 6.07) is 1.55. The highest BCUT2D eigenvalue weighted by atomic mass is 16.5. The number of hydrogen-bond acceptors (Lipinski definition) is 2. The molecule has 0 atom stereocenters. The van der Waals surface area contributed by atoms with E-state index < -0.39 is 0 Å². The van der Waals surface area contributed by atoms with Crippen molar-refractivity contribution in [2.24, 2.45) is 0 Å². The van der Waals surface area contributed by atoms with Gasteiger partial charge in [0.2, 0.25) is 0 Å². The van der Waals surface area contributed by atoms with Gasteiger partial charge in [-0.3, -0.25) is 0 Å². The summed E-state index contributed by atoms with van der Waals surface area (Å²) >= 11 is 0. The lowest BCUT2D eigenvalue weighted by molar-refractivity contribution is 0.0742.